The number of methoxy groups -OCH3 is 2. The average Bonchev–Trinajstić information content (AvgIpc) is 2.45. The summed E-state index contributed by atoms with van der Waals surface area (Å²) < 4.78 is 9.76. The Morgan fingerprint density at radius 3 is 2.00 bits per heavy atom. The lowest BCUT2D eigenvalue weighted by atomic mass is 9.84. The summed E-state index contributed by atoms with van der Waals surface area (Å²) in [5, 5.41) is 3.63. The van der Waals surface area contributed by atoms with E-state index in [0.29, 0.717) is 0 Å². The zero-order valence-electron chi connectivity index (χ0n) is 14.8. The summed E-state index contributed by atoms with van der Waals surface area (Å²) in [6, 6.07) is -0.364. The molecule has 0 unspecified atom stereocenters. The van der Waals surface area contributed by atoms with Crippen LogP contribution in [0.5, 0.6) is 0 Å². The first-order valence-corrected chi connectivity index (χ1v) is 10.9. The van der Waals surface area contributed by atoms with Gasteiger partial charge in [-0.3, -0.25) is 4.79 Å². The molecule has 0 aromatic carbocycles. The summed E-state index contributed by atoms with van der Waals surface area (Å²) in [7, 11) is 0.585. The maximum absolute atomic E-state index is 12.3. The van der Waals surface area contributed by atoms with Crippen LogP contribution in [0, 0.1) is 5.92 Å². The van der Waals surface area contributed by atoms with Gasteiger partial charge in [-0.2, -0.15) is 0 Å². The Hall–Kier alpha value is -1.89. The maximum Gasteiger partial charge on any atom is 0.338 e. The van der Waals surface area contributed by atoms with Crippen molar-refractivity contribution in [2.45, 2.75) is 39.5 Å². The molecule has 6 nitrogen and oxygen atoms in total. The van der Waals surface area contributed by atoms with Crippen molar-refractivity contribution in [1.29, 1.82) is 0 Å². The fourth-order valence-corrected chi connectivity index (χ4v) is 4.37. The molecule has 0 aliphatic heterocycles. The summed E-state index contributed by atoms with van der Waals surface area (Å²) in [4.78, 5) is 36.1. The number of ether oxygens (including phenoxy) is 2. The van der Waals surface area contributed by atoms with Gasteiger partial charge < -0.3 is 14.8 Å². The van der Waals surface area contributed by atoms with Crippen LogP contribution in [-0.2, 0) is 23.9 Å². The Morgan fingerprint density at radius 1 is 1.09 bits per heavy atom. The molecule has 2 atom stereocenters. The number of hydrogen-bond donors (Lipinski definition) is 1. The molecule has 1 rings (SSSR count). The molecule has 0 aromatic heterocycles. The minimum Gasteiger partial charge on any atom is -0.466 e. The summed E-state index contributed by atoms with van der Waals surface area (Å²) in [5.74, 6) is -1.70. The van der Waals surface area contributed by atoms with Crippen molar-refractivity contribution in [3.8, 4) is 0 Å². The second kappa shape index (κ2) is 7.12. The molecule has 0 fully saturated rings. The number of carbonyl (C=O) groups excluding carboxylic acids is 3. The highest BCUT2D eigenvalue weighted by Crippen LogP contribution is 2.36. The number of carbonyl (C=O) groups is 3. The highest BCUT2D eigenvalue weighted by Gasteiger charge is 2.40. The van der Waals surface area contributed by atoms with E-state index in [9.17, 15) is 14.4 Å². The molecule has 0 saturated heterocycles. The predicted octanol–water partition coefficient (Wildman–Crippen LogP) is 1.59. The molecular weight excluding hydrogens is 314 g/mol. The van der Waals surface area contributed by atoms with Crippen LogP contribution < -0.4 is 5.32 Å². The molecule has 1 amide bonds. The van der Waals surface area contributed by atoms with Crippen molar-refractivity contribution in [2.24, 2.45) is 5.92 Å². The Kier molecular flexibility index (Phi) is 5.93. The molecule has 0 spiro atoms. The fourth-order valence-electron chi connectivity index (χ4n) is 2.71. The average molecular weight is 339 g/mol. The topological polar surface area (TPSA) is 81.7 Å². The van der Waals surface area contributed by atoms with Crippen LogP contribution >= 0.6 is 0 Å². The highest BCUT2D eigenvalue weighted by atomic mass is 28.3. The van der Waals surface area contributed by atoms with E-state index >= 15 is 0 Å². The Bertz CT molecular complexity index is 586. The van der Waals surface area contributed by atoms with E-state index in [1.807, 2.05) is 6.08 Å². The van der Waals surface area contributed by atoms with Gasteiger partial charge in [-0.05, 0) is 5.20 Å². The quantitative estimate of drug-likeness (QED) is 0.621. The molecule has 0 heterocycles. The fraction of sp³-hybridized carbons (Fsp3) is 0.562. The van der Waals surface area contributed by atoms with Gasteiger partial charge in [0.05, 0.1) is 39.5 Å². The second-order valence-corrected chi connectivity index (χ2v) is 11.7. The molecule has 1 aliphatic carbocycles. The number of rotatable bonds is 4. The van der Waals surface area contributed by atoms with Gasteiger partial charge in [0, 0.05) is 12.8 Å². The first kappa shape index (κ1) is 19.2. The van der Waals surface area contributed by atoms with Crippen molar-refractivity contribution in [3.63, 3.8) is 0 Å². The van der Waals surface area contributed by atoms with Crippen LogP contribution in [0.3, 0.4) is 0 Å². The molecule has 1 aliphatic rings. The summed E-state index contributed by atoms with van der Waals surface area (Å²) in [6.07, 6.45) is 1.89. The van der Waals surface area contributed by atoms with Gasteiger partial charge in [0.15, 0.2) is 0 Å². The number of hydrogen-bond acceptors (Lipinski definition) is 5. The zero-order chi connectivity index (χ0) is 17.9. The van der Waals surface area contributed by atoms with E-state index in [0.717, 1.165) is 5.20 Å². The van der Waals surface area contributed by atoms with E-state index in [-0.39, 0.29) is 29.0 Å². The SMILES string of the molecule is COC(=O)C1=C(C(=O)OC)[C@@H](C)[C@@H](NC(C)=O)C=C1[Si](C)(C)C. The molecule has 0 aromatic rings. The first-order valence-electron chi connectivity index (χ1n) is 7.45. The number of amides is 1. The molecule has 1 N–H and O–H groups in total. The predicted molar refractivity (Wildman–Crippen MR) is 89.3 cm³/mol. The van der Waals surface area contributed by atoms with E-state index in [2.05, 4.69) is 25.0 Å². The van der Waals surface area contributed by atoms with Crippen molar-refractivity contribution in [1.82, 2.24) is 5.32 Å². The number of nitrogens with one attached hydrogen (secondary N) is 1. The molecule has 128 valence electrons. The third-order valence-electron chi connectivity index (χ3n) is 3.85. The van der Waals surface area contributed by atoms with Gasteiger partial charge in [0.25, 0.3) is 0 Å². The van der Waals surface area contributed by atoms with Gasteiger partial charge in [-0.1, -0.05) is 32.6 Å². The van der Waals surface area contributed by atoms with E-state index in [1.165, 1.54) is 21.1 Å². The highest BCUT2D eigenvalue weighted by molar-refractivity contribution is 6.84. The van der Waals surface area contributed by atoms with E-state index in [1.54, 1.807) is 6.92 Å². The first-order chi connectivity index (χ1) is 10.5. The molecule has 7 heteroatoms. The number of esters is 2. The van der Waals surface area contributed by atoms with Gasteiger partial charge in [-0.25, -0.2) is 9.59 Å². The van der Waals surface area contributed by atoms with Crippen molar-refractivity contribution < 1.29 is 23.9 Å². The van der Waals surface area contributed by atoms with Crippen LogP contribution in [0.15, 0.2) is 22.4 Å². The molecule has 0 saturated carbocycles. The lowest BCUT2D eigenvalue weighted by molar-refractivity contribution is -0.139. The van der Waals surface area contributed by atoms with Crippen LogP contribution in [0.1, 0.15) is 13.8 Å². The van der Waals surface area contributed by atoms with E-state index < -0.39 is 20.0 Å². The smallest absolute Gasteiger partial charge is 0.338 e. The van der Waals surface area contributed by atoms with Crippen LogP contribution in [-0.4, -0.2) is 46.2 Å². The monoisotopic (exact) mass is 339 g/mol. The van der Waals surface area contributed by atoms with Gasteiger partial charge in [0.2, 0.25) is 5.91 Å². The largest absolute Gasteiger partial charge is 0.466 e. The Labute approximate surface area is 137 Å². The molecular formula is C16H25NO5Si. The van der Waals surface area contributed by atoms with Crippen LogP contribution in [0.2, 0.25) is 19.6 Å². The van der Waals surface area contributed by atoms with Crippen LogP contribution in [0.4, 0.5) is 0 Å². The third kappa shape index (κ3) is 4.10. The van der Waals surface area contributed by atoms with E-state index in [4.69, 9.17) is 9.47 Å². The van der Waals surface area contributed by atoms with Gasteiger partial charge >= 0.3 is 11.9 Å². The zero-order valence-corrected chi connectivity index (χ0v) is 15.8. The molecule has 23 heavy (non-hydrogen) atoms. The minimum absolute atomic E-state index is 0.196. The summed E-state index contributed by atoms with van der Waals surface area (Å²) in [6.45, 7) is 9.41. The van der Waals surface area contributed by atoms with Crippen molar-refractivity contribution in [2.75, 3.05) is 14.2 Å². The Balaban J connectivity index is 3.62. The summed E-state index contributed by atoms with van der Waals surface area (Å²) >= 11 is 0. The normalized spacial score (nSPS) is 21.4. The molecule has 0 radical (unpaired) electrons. The lowest BCUT2D eigenvalue weighted by Crippen LogP contribution is -2.45. The summed E-state index contributed by atoms with van der Waals surface area (Å²) in [5.41, 5.74) is 0.547. The maximum atomic E-state index is 12.3. The van der Waals surface area contributed by atoms with Gasteiger partial charge in [0.1, 0.15) is 0 Å². The standard InChI is InChI=1S/C16H25NO5Si/c1-9-11(17-10(2)18)8-12(23(5,6)7)14(16(20)22-4)13(9)15(19)21-3/h8-9,11H,1-7H3,(H,17,18)/t9-,11-/m0/s1. The van der Waals surface area contributed by atoms with Crippen LogP contribution in [0.25, 0.3) is 0 Å². The second-order valence-electron chi connectivity index (χ2n) is 6.62. The van der Waals surface area contributed by atoms with Crippen molar-refractivity contribution in [3.05, 3.63) is 22.4 Å². The Morgan fingerprint density at radius 2 is 1.61 bits per heavy atom. The van der Waals surface area contributed by atoms with Gasteiger partial charge in [-0.15, -0.1) is 0 Å². The third-order valence-corrected chi connectivity index (χ3v) is 5.88. The lowest BCUT2D eigenvalue weighted by Gasteiger charge is -2.34. The van der Waals surface area contributed by atoms with Crippen molar-refractivity contribution >= 4 is 25.9 Å². The molecule has 0 bridgehead atoms. The minimum atomic E-state index is -1.98.